The van der Waals surface area contributed by atoms with Gasteiger partial charge in [0.05, 0.1) is 15.7 Å². The maximum Gasteiger partial charge on any atom is 0.283 e. The lowest BCUT2D eigenvalue weighted by Crippen LogP contribution is -2.18. The van der Waals surface area contributed by atoms with E-state index in [1.165, 1.54) is 23.5 Å². The first kappa shape index (κ1) is 18.0. The van der Waals surface area contributed by atoms with Gasteiger partial charge in [-0.3, -0.25) is 14.9 Å². The van der Waals surface area contributed by atoms with Crippen LogP contribution in [0.15, 0.2) is 47.6 Å². The molecule has 8 heteroatoms. The summed E-state index contributed by atoms with van der Waals surface area (Å²) in [6.45, 7) is 3.63. The Morgan fingerprint density at radius 3 is 2.77 bits per heavy atom. The van der Waals surface area contributed by atoms with Gasteiger partial charge in [0.1, 0.15) is 4.88 Å². The predicted octanol–water partition coefficient (Wildman–Crippen LogP) is 4.93. The summed E-state index contributed by atoms with van der Waals surface area (Å²) >= 11 is 7.62. The highest BCUT2D eigenvalue weighted by Crippen LogP contribution is 2.35. The number of hydrazone groups is 1. The number of nitro groups is 1. The van der Waals surface area contributed by atoms with Crippen molar-refractivity contribution in [3.05, 3.63) is 73.6 Å². The number of benzene rings is 2. The van der Waals surface area contributed by atoms with E-state index in [4.69, 9.17) is 11.6 Å². The number of rotatable bonds is 4. The highest BCUT2D eigenvalue weighted by Gasteiger charge is 2.17. The van der Waals surface area contributed by atoms with E-state index >= 15 is 0 Å². The predicted molar refractivity (Wildman–Crippen MR) is 104 cm³/mol. The number of fused-ring (bicyclic) bond motifs is 1. The Kier molecular flexibility index (Phi) is 5.01. The molecule has 0 aliphatic carbocycles. The fourth-order valence-corrected chi connectivity index (χ4v) is 3.92. The van der Waals surface area contributed by atoms with Gasteiger partial charge in [-0.2, -0.15) is 5.10 Å². The van der Waals surface area contributed by atoms with Crippen LogP contribution in [0.2, 0.25) is 5.02 Å². The van der Waals surface area contributed by atoms with Crippen LogP contribution in [0.4, 0.5) is 5.69 Å². The van der Waals surface area contributed by atoms with Crippen molar-refractivity contribution < 1.29 is 9.72 Å². The summed E-state index contributed by atoms with van der Waals surface area (Å²) in [5.74, 6) is -0.418. The molecule has 0 radical (unpaired) electrons. The molecule has 1 N–H and O–H groups in total. The molecule has 26 heavy (non-hydrogen) atoms. The SMILES string of the molecule is CC(=NNC(=O)c1sc2cc(C)ccc2c1Cl)c1cccc([N+](=O)[O-])c1. The molecule has 0 atom stereocenters. The van der Waals surface area contributed by atoms with E-state index in [0.717, 1.165) is 15.6 Å². The summed E-state index contributed by atoms with van der Waals surface area (Å²) in [5, 5.41) is 16.1. The van der Waals surface area contributed by atoms with Crippen molar-refractivity contribution in [3.63, 3.8) is 0 Å². The van der Waals surface area contributed by atoms with Gasteiger partial charge in [-0.1, -0.05) is 35.9 Å². The molecule has 0 unspecified atom stereocenters. The fraction of sp³-hybridized carbons (Fsp3) is 0.111. The monoisotopic (exact) mass is 387 g/mol. The molecule has 0 bridgehead atoms. The zero-order valence-electron chi connectivity index (χ0n) is 13.9. The van der Waals surface area contributed by atoms with Crippen LogP contribution in [0.5, 0.6) is 0 Å². The number of carbonyl (C=O) groups is 1. The zero-order chi connectivity index (χ0) is 18.8. The Balaban J connectivity index is 1.84. The second-order valence-electron chi connectivity index (χ2n) is 5.69. The van der Waals surface area contributed by atoms with Crippen LogP contribution in [0.1, 0.15) is 27.7 Å². The van der Waals surface area contributed by atoms with Crippen LogP contribution in [0.25, 0.3) is 10.1 Å². The van der Waals surface area contributed by atoms with E-state index < -0.39 is 10.8 Å². The number of nitrogens with one attached hydrogen (secondary N) is 1. The van der Waals surface area contributed by atoms with E-state index in [2.05, 4.69) is 10.5 Å². The highest BCUT2D eigenvalue weighted by molar-refractivity contribution is 7.21. The van der Waals surface area contributed by atoms with Crippen LogP contribution in [0.3, 0.4) is 0 Å². The molecule has 0 spiro atoms. The van der Waals surface area contributed by atoms with Gasteiger partial charge in [-0.05, 0) is 25.5 Å². The lowest BCUT2D eigenvalue weighted by atomic mass is 10.1. The Morgan fingerprint density at radius 2 is 2.04 bits per heavy atom. The zero-order valence-corrected chi connectivity index (χ0v) is 15.5. The number of amides is 1. The average Bonchev–Trinajstić information content (AvgIpc) is 2.95. The van der Waals surface area contributed by atoms with Gasteiger partial charge in [-0.15, -0.1) is 11.3 Å². The van der Waals surface area contributed by atoms with Gasteiger partial charge < -0.3 is 0 Å². The molecule has 0 fully saturated rings. The van der Waals surface area contributed by atoms with Crippen molar-refractivity contribution in [2.24, 2.45) is 5.10 Å². The molecule has 3 aromatic rings. The third-order valence-corrected chi connectivity index (χ3v) is 5.45. The number of non-ortho nitro benzene ring substituents is 1. The van der Waals surface area contributed by atoms with Gasteiger partial charge in [0, 0.05) is 27.8 Å². The molecule has 3 rings (SSSR count). The largest absolute Gasteiger partial charge is 0.283 e. The molecule has 2 aromatic carbocycles. The van der Waals surface area contributed by atoms with Crippen molar-refractivity contribution in [2.45, 2.75) is 13.8 Å². The van der Waals surface area contributed by atoms with Crippen LogP contribution >= 0.6 is 22.9 Å². The number of aryl methyl sites for hydroxylation is 1. The molecular formula is C18H14ClN3O3S. The number of thiophene rings is 1. The molecule has 1 heterocycles. The summed E-state index contributed by atoms with van der Waals surface area (Å²) in [6.07, 6.45) is 0. The van der Waals surface area contributed by atoms with Gasteiger partial charge >= 0.3 is 0 Å². The van der Waals surface area contributed by atoms with Gasteiger partial charge in [0.2, 0.25) is 0 Å². The smallest absolute Gasteiger partial charge is 0.266 e. The summed E-state index contributed by atoms with van der Waals surface area (Å²) in [6, 6.07) is 11.9. The topological polar surface area (TPSA) is 84.6 Å². The number of hydrogen-bond donors (Lipinski definition) is 1. The molecule has 1 amide bonds. The first-order valence-electron chi connectivity index (χ1n) is 7.65. The van der Waals surface area contributed by atoms with Crippen LogP contribution < -0.4 is 5.43 Å². The van der Waals surface area contributed by atoms with Gasteiger partial charge in [0.15, 0.2) is 0 Å². The molecular weight excluding hydrogens is 374 g/mol. The molecule has 0 aliphatic heterocycles. The minimum atomic E-state index is -0.478. The van der Waals surface area contributed by atoms with Crippen molar-refractivity contribution in [2.75, 3.05) is 0 Å². The minimum Gasteiger partial charge on any atom is -0.266 e. The van der Waals surface area contributed by atoms with E-state index in [1.807, 2.05) is 25.1 Å². The Labute approximate surface area is 158 Å². The maximum atomic E-state index is 12.4. The van der Waals surface area contributed by atoms with E-state index in [1.54, 1.807) is 19.1 Å². The van der Waals surface area contributed by atoms with Gasteiger partial charge in [0.25, 0.3) is 11.6 Å². The maximum absolute atomic E-state index is 12.4. The number of hydrogen-bond acceptors (Lipinski definition) is 5. The van der Waals surface area contributed by atoms with E-state index in [9.17, 15) is 14.9 Å². The second-order valence-corrected chi connectivity index (χ2v) is 7.12. The lowest BCUT2D eigenvalue weighted by molar-refractivity contribution is -0.384. The Morgan fingerprint density at radius 1 is 1.27 bits per heavy atom. The normalized spacial score (nSPS) is 11.6. The van der Waals surface area contributed by atoms with Crippen LogP contribution in [-0.2, 0) is 0 Å². The average molecular weight is 388 g/mol. The number of halogens is 1. The Bertz CT molecular complexity index is 1060. The molecule has 0 saturated heterocycles. The highest BCUT2D eigenvalue weighted by atomic mass is 35.5. The van der Waals surface area contributed by atoms with E-state index in [-0.39, 0.29) is 5.69 Å². The molecule has 6 nitrogen and oxygen atoms in total. The minimum absolute atomic E-state index is 0.0358. The Hall–Kier alpha value is -2.77. The lowest BCUT2D eigenvalue weighted by Gasteiger charge is -2.02. The van der Waals surface area contributed by atoms with Crippen LogP contribution in [0, 0.1) is 17.0 Å². The van der Waals surface area contributed by atoms with Crippen molar-refractivity contribution in [3.8, 4) is 0 Å². The summed E-state index contributed by atoms with van der Waals surface area (Å²) in [7, 11) is 0. The summed E-state index contributed by atoms with van der Waals surface area (Å²) < 4.78 is 0.930. The third kappa shape index (κ3) is 3.58. The molecule has 0 saturated carbocycles. The van der Waals surface area contributed by atoms with Crippen molar-refractivity contribution in [1.82, 2.24) is 5.43 Å². The first-order chi connectivity index (χ1) is 12.4. The third-order valence-electron chi connectivity index (χ3n) is 3.79. The fourth-order valence-electron chi connectivity index (χ4n) is 2.41. The quantitative estimate of drug-likeness (QED) is 0.391. The van der Waals surface area contributed by atoms with E-state index in [0.29, 0.717) is 21.2 Å². The second kappa shape index (κ2) is 7.23. The number of nitro benzene ring substituents is 1. The molecule has 132 valence electrons. The molecule has 0 aliphatic rings. The van der Waals surface area contributed by atoms with Crippen LogP contribution in [-0.4, -0.2) is 16.5 Å². The van der Waals surface area contributed by atoms with Crippen molar-refractivity contribution in [1.29, 1.82) is 0 Å². The first-order valence-corrected chi connectivity index (χ1v) is 8.84. The number of nitrogens with zero attached hydrogens (tertiary/aromatic N) is 2. The van der Waals surface area contributed by atoms with Crippen molar-refractivity contribution >= 4 is 50.3 Å². The molecule has 1 aromatic heterocycles. The number of carbonyl (C=O) groups excluding carboxylic acids is 1. The summed E-state index contributed by atoms with van der Waals surface area (Å²) in [5.41, 5.74) is 4.52. The standard InChI is InChI=1S/C18H14ClN3O3S/c1-10-6-7-14-15(8-10)26-17(16(14)19)18(23)21-20-11(2)12-4-3-5-13(9-12)22(24)25/h3-9H,1-2H3,(H,21,23). The summed E-state index contributed by atoms with van der Waals surface area (Å²) in [4.78, 5) is 23.2. The van der Waals surface area contributed by atoms with Gasteiger partial charge in [-0.25, -0.2) is 5.43 Å².